The number of aliphatic hydroxyl groups is 1. The van der Waals surface area contributed by atoms with Crippen molar-refractivity contribution in [1.29, 1.82) is 0 Å². The SMILES string of the molecule is O=C1Nc2ccccc2C12COc1cc3c(cc12)OC(Cc1ccc(OCCO)cc1)CO3. The van der Waals surface area contributed by atoms with Gasteiger partial charge >= 0.3 is 0 Å². The maximum atomic E-state index is 13.1. The number of anilines is 1. The molecular weight excluding hydrogens is 422 g/mol. The fourth-order valence-corrected chi connectivity index (χ4v) is 4.83. The van der Waals surface area contributed by atoms with Crippen molar-refractivity contribution in [2.45, 2.75) is 17.9 Å². The van der Waals surface area contributed by atoms with E-state index in [1.54, 1.807) is 0 Å². The molecule has 0 radical (unpaired) electrons. The summed E-state index contributed by atoms with van der Waals surface area (Å²) in [4.78, 5) is 13.1. The van der Waals surface area contributed by atoms with Crippen molar-refractivity contribution in [2.24, 2.45) is 0 Å². The van der Waals surface area contributed by atoms with Crippen LogP contribution in [0.15, 0.2) is 60.7 Å². The summed E-state index contributed by atoms with van der Waals surface area (Å²) in [6.45, 7) is 0.927. The molecule has 7 heteroatoms. The molecule has 3 aliphatic heterocycles. The average Bonchev–Trinajstić information content (AvgIpc) is 3.35. The standard InChI is InChI=1S/C26H23NO6/c28-9-10-30-17-7-5-16(6-8-17)11-18-14-31-23-13-22-20(12-24(23)33-18)26(15-32-22)19-3-1-2-4-21(19)27-25(26)29/h1-8,12-13,18,28H,9-11,14-15H2,(H,27,29). The van der Waals surface area contributed by atoms with Gasteiger partial charge in [-0.1, -0.05) is 30.3 Å². The molecule has 1 spiro atoms. The van der Waals surface area contributed by atoms with Gasteiger partial charge in [0.05, 0.1) is 6.61 Å². The first-order chi connectivity index (χ1) is 16.2. The smallest absolute Gasteiger partial charge is 0.243 e. The van der Waals surface area contributed by atoms with Crippen molar-refractivity contribution in [3.05, 3.63) is 77.4 Å². The number of carbonyl (C=O) groups excluding carboxylic acids is 1. The number of hydrogen-bond donors (Lipinski definition) is 2. The quantitative estimate of drug-likeness (QED) is 0.628. The molecule has 0 bridgehead atoms. The molecule has 3 heterocycles. The lowest BCUT2D eigenvalue weighted by atomic mass is 9.77. The Hall–Kier alpha value is -3.71. The third kappa shape index (κ3) is 3.19. The minimum absolute atomic E-state index is 0.0162. The number of nitrogens with one attached hydrogen (secondary N) is 1. The number of para-hydroxylation sites is 1. The van der Waals surface area contributed by atoms with E-state index >= 15 is 0 Å². The Bertz CT molecular complexity index is 1220. The van der Waals surface area contributed by atoms with Crippen LogP contribution in [0.25, 0.3) is 0 Å². The van der Waals surface area contributed by atoms with Gasteiger partial charge in [-0.15, -0.1) is 0 Å². The van der Waals surface area contributed by atoms with Gasteiger partial charge in [0.15, 0.2) is 11.5 Å². The molecule has 7 nitrogen and oxygen atoms in total. The Morgan fingerprint density at radius 2 is 1.85 bits per heavy atom. The van der Waals surface area contributed by atoms with Crippen LogP contribution in [0.3, 0.4) is 0 Å². The van der Waals surface area contributed by atoms with Gasteiger partial charge in [-0.2, -0.15) is 0 Å². The molecular formula is C26H23NO6. The first-order valence-corrected chi connectivity index (χ1v) is 11.0. The van der Waals surface area contributed by atoms with Crippen molar-refractivity contribution in [1.82, 2.24) is 0 Å². The molecule has 0 saturated carbocycles. The number of aliphatic hydroxyl groups excluding tert-OH is 1. The Labute approximate surface area is 190 Å². The third-order valence-corrected chi connectivity index (χ3v) is 6.44. The topological polar surface area (TPSA) is 86.3 Å². The van der Waals surface area contributed by atoms with Gasteiger partial charge in [-0.05, 0) is 35.4 Å². The van der Waals surface area contributed by atoms with Crippen LogP contribution in [0.2, 0.25) is 0 Å². The van der Waals surface area contributed by atoms with Crippen LogP contribution in [0.4, 0.5) is 5.69 Å². The highest BCUT2D eigenvalue weighted by Crippen LogP contribution is 2.53. The zero-order valence-corrected chi connectivity index (χ0v) is 17.9. The molecule has 3 aromatic rings. The monoisotopic (exact) mass is 445 g/mol. The minimum atomic E-state index is -0.873. The fraction of sp³-hybridized carbons (Fsp3) is 0.269. The number of rotatable bonds is 5. The molecule has 0 aromatic heterocycles. The second-order valence-electron chi connectivity index (χ2n) is 8.46. The number of fused-ring (bicyclic) bond motifs is 5. The Morgan fingerprint density at radius 1 is 1.00 bits per heavy atom. The number of ether oxygens (including phenoxy) is 4. The summed E-state index contributed by atoms with van der Waals surface area (Å²) in [6, 6.07) is 19.2. The Balaban J connectivity index is 1.26. The Morgan fingerprint density at radius 3 is 2.70 bits per heavy atom. The minimum Gasteiger partial charge on any atom is -0.491 e. The average molecular weight is 445 g/mol. The highest BCUT2D eigenvalue weighted by atomic mass is 16.6. The number of benzene rings is 3. The lowest BCUT2D eigenvalue weighted by Gasteiger charge is -2.28. The Kier molecular flexibility index (Phi) is 4.66. The largest absolute Gasteiger partial charge is 0.491 e. The maximum Gasteiger partial charge on any atom is 0.243 e. The summed E-state index contributed by atoms with van der Waals surface area (Å²) in [7, 11) is 0. The van der Waals surface area contributed by atoms with Crippen molar-refractivity contribution < 1.29 is 28.8 Å². The molecule has 6 rings (SSSR count). The summed E-state index contributed by atoms with van der Waals surface area (Å²) in [5.74, 6) is 2.53. The summed E-state index contributed by atoms with van der Waals surface area (Å²) in [5, 5.41) is 11.9. The van der Waals surface area contributed by atoms with Crippen LogP contribution in [-0.2, 0) is 16.6 Å². The molecule has 33 heavy (non-hydrogen) atoms. The van der Waals surface area contributed by atoms with E-state index in [1.807, 2.05) is 60.7 Å². The molecule has 2 unspecified atom stereocenters. The second kappa shape index (κ2) is 7.71. The van der Waals surface area contributed by atoms with Crippen molar-refractivity contribution in [3.8, 4) is 23.0 Å². The first-order valence-electron chi connectivity index (χ1n) is 11.0. The van der Waals surface area contributed by atoms with Gasteiger partial charge in [0.25, 0.3) is 0 Å². The molecule has 3 aliphatic rings. The van der Waals surface area contributed by atoms with Gasteiger partial charge in [0.1, 0.15) is 42.8 Å². The van der Waals surface area contributed by atoms with Crippen LogP contribution in [0, 0.1) is 0 Å². The summed E-state index contributed by atoms with van der Waals surface area (Å²) >= 11 is 0. The molecule has 3 aromatic carbocycles. The van der Waals surface area contributed by atoms with Gasteiger partial charge < -0.3 is 29.4 Å². The van der Waals surface area contributed by atoms with Gasteiger partial charge in [0.2, 0.25) is 5.91 Å². The van der Waals surface area contributed by atoms with Crippen molar-refractivity contribution in [3.63, 3.8) is 0 Å². The zero-order valence-electron chi connectivity index (χ0n) is 17.9. The van der Waals surface area contributed by atoms with Gasteiger partial charge in [-0.25, -0.2) is 0 Å². The van der Waals surface area contributed by atoms with Crippen LogP contribution in [0.1, 0.15) is 16.7 Å². The lowest BCUT2D eigenvalue weighted by molar-refractivity contribution is -0.119. The first kappa shape index (κ1) is 19.9. The van der Waals surface area contributed by atoms with E-state index in [0.29, 0.717) is 30.3 Å². The number of hydrogen-bond acceptors (Lipinski definition) is 6. The molecule has 168 valence electrons. The summed E-state index contributed by atoms with van der Waals surface area (Å²) in [6.07, 6.45) is 0.504. The van der Waals surface area contributed by atoms with Gasteiger partial charge in [0, 0.05) is 23.7 Å². The van der Waals surface area contributed by atoms with E-state index < -0.39 is 5.41 Å². The molecule has 0 saturated heterocycles. The second-order valence-corrected chi connectivity index (χ2v) is 8.46. The van der Waals surface area contributed by atoms with E-state index in [4.69, 9.17) is 24.1 Å². The van der Waals surface area contributed by atoms with Crippen molar-refractivity contribution in [2.75, 3.05) is 31.7 Å². The maximum absolute atomic E-state index is 13.1. The zero-order chi connectivity index (χ0) is 22.4. The van der Waals surface area contributed by atoms with Crippen LogP contribution < -0.4 is 24.3 Å². The van der Waals surface area contributed by atoms with Gasteiger partial charge in [-0.3, -0.25) is 4.79 Å². The normalized spacial score (nSPS) is 21.8. The van der Waals surface area contributed by atoms with E-state index in [0.717, 1.165) is 28.1 Å². The summed E-state index contributed by atoms with van der Waals surface area (Å²) < 4.78 is 23.7. The predicted molar refractivity (Wildman–Crippen MR) is 120 cm³/mol. The number of carbonyl (C=O) groups is 1. The summed E-state index contributed by atoms with van der Waals surface area (Å²) in [5.41, 5.74) is 2.76. The molecule has 2 atom stereocenters. The molecule has 2 N–H and O–H groups in total. The van der Waals surface area contributed by atoms with E-state index in [2.05, 4.69) is 5.32 Å². The van der Waals surface area contributed by atoms with E-state index in [-0.39, 0.29) is 31.8 Å². The molecule has 0 aliphatic carbocycles. The van der Waals surface area contributed by atoms with Crippen LogP contribution in [0.5, 0.6) is 23.0 Å². The fourth-order valence-electron chi connectivity index (χ4n) is 4.83. The molecule has 1 amide bonds. The van der Waals surface area contributed by atoms with Crippen LogP contribution in [-0.4, -0.2) is 43.5 Å². The van der Waals surface area contributed by atoms with Crippen molar-refractivity contribution >= 4 is 11.6 Å². The van der Waals surface area contributed by atoms with Crippen LogP contribution >= 0.6 is 0 Å². The van der Waals surface area contributed by atoms with E-state index in [1.165, 1.54) is 0 Å². The predicted octanol–water partition coefficient (Wildman–Crippen LogP) is 3.07. The number of amides is 1. The third-order valence-electron chi connectivity index (χ3n) is 6.44. The molecule has 0 fully saturated rings. The lowest BCUT2D eigenvalue weighted by Crippen LogP contribution is -2.37. The highest BCUT2D eigenvalue weighted by molar-refractivity contribution is 6.09. The van der Waals surface area contributed by atoms with E-state index in [9.17, 15) is 4.79 Å². The highest BCUT2D eigenvalue weighted by Gasteiger charge is 2.54.